The molecule has 3 aromatic rings. The molecule has 0 spiro atoms. The van der Waals surface area contributed by atoms with Gasteiger partial charge in [0.15, 0.2) is 6.29 Å². The second kappa shape index (κ2) is 11.0. The minimum Gasteiger partial charge on any atom is -0.507 e. The molecule has 1 aromatic heterocycles. The van der Waals surface area contributed by atoms with Gasteiger partial charge in [-0.2, -0.15) is 0 Å². The number of ether oxygens (including phenoxy) is 2. The van der Waals surface area contributed by atoms with Crippen molar-refractivity contribution in [1.82, 2.24) is 4.57 Å². The van der Waals surface area contributed by atoms with E-state index in [1.807, 2.05) is 30.4 Å². The first-order valence-electron chi connectivity index (χ1n) is 10.9. The van der Waals surface area contributed by atoms with E-state index in [0.29, 0.717) is 13.2 Å². The molecule has 0 atom stereocenters. The van der Waals surface area contributed by atoms with Crippen LogP contribution in [0, 0.1) is 0 Å². The molecule has 160 valence electrons. The molecule has 2 aromatic carbocycles. The molecule has 0 fully saturated rings. The van der Waals surface area contributed by atoms with Gasteiger partial charge >= 0.3 is 0 Å². The fraction of sp³-hybridized carbons (Fsp3) is 0.385. The number of aryl methyl sites for hydroxylation is 1. The van der Waals surface area contributed by atoms with Gasteiger partial charge in [0.25, 0.3) is 0 Å². The van der Waals surface area contributed by atoms with Crippen molar-refractivity contribution in [2.24, 2.45) is 7.05 Å². The van der Waals surface area contributed by atoms with E-state index in [1.54, 1.807) is 6.07 Å². The van der Waals surface area contributed by atoms with E-state index in [0.717, 1.165) is 53.4 Å². The zero-order valence-electron chi connectivity index (χ0n) is 18.3. The van der Waals surface area contributed by atoms with Crippen LogP contribution in [0.15, 0.2) is 48.5 Å². The SMILES string of the molecule is CCCCOC(OCCCC)c1cccc2cc(/C=C/c3ccccc3O)n(C)c12. The van der Waals surface area contributed by atoms with Crippen molar-refractivity contribution in [3.8, 4) is 5.75 Å². The van der Waals surface area contributed by atoms with Gasteiger partial charge in [0.2, 0.25) is 0 Å². The molecular formula is C26H33NO3. The molecule has 30 heavy (non-hydrogen) atoms. The molecule has 3 rings (SSSR count). The summed E-state index contributed by atoms with van der Waals surface area (Å²) in [5.74, 6) is 0.280. The van der Waals surface area contributed by atoms with Crippen molar-refractivity contribution in [2.45, 2.75) is 45.8 Å². The van der Waals surface area contributed by atoms with Crippen molar-refractivity contribution in [3.63, 3.8) is 0 Å². The predicted octanol–water partition coefficient (Wildman–Crippen LogP) is 6.69. The third-order valence-electron chi connectivity index (χ3n) is 5.28. The lowest BCUT2D eigenvalue weighted by Gasteiger charge is -2.20. The van der Waals surface area contributed by atoms with Crippen LogP contribution < -0.4 is 0 Å². The second-order valence-electron chi connectivity index (χ2n) is 7.59. The van der Waals surface area contributed by atoms with E-state index in [2.05, 4.69) is 49.7 Å². The summed E-state index contributed by atoms with van der Waals surface area (Å²) in [5, 5.41) is 11.2. The van der Waals surface area contributed by atoms with Gasteiger partial charge in [-0.1, -0.05) is 63.1 Å². The highest BCUT2D eigenvalue weighted by Gasteiger charge is 2.18. The van der Waals surface area contributed by atoms with Crippen molar-refractivity contribution >= 4 is 23.1 Å². The third-order valence-corrected chi connectivity index (χ3v) is 5.28. The number of unbranched alkanes of at least 4 members (excludes halogenated alkanes) is 2. The number of hydrogen-bond donors (Lipinski definition) is 1. The number of benzene rings is 2. The first-order chi connectivity index (χ1) is 14.7. The van der Waals surface area contributed by atoms with Gasteiger partial charge in [-0.3, -0.25) is 0 Å². The quantitative estimate of drug-likeness (QED) is 0.284. The Balaban J connectivity index is 1.93. The zero-order chi connectivity index (χ0) is 21.3. The van der Waals surface area contributed by atoms with E-state index < -0.39 is 0 Å². The van der Waals surface area contributed by atoms with E-state index in [4.69, 9.17) is 9.47 Å². The topological polar surface area (TPSA) is 43.6 Å². The van der Waals surface area contributed by atoms with Crippen LogP contribution in [0.3, 0.4) is 0 Å². The van der Waals surface area contributed by atoms with Crippen LogP contribution in [-0.2, 0) is 16.5 Å². The van der Waals surface area contributed by atoms with Crippen LogP contribution in [0.4, 0.5) is 0 Å². The Labute approximate surface area is 179 Å². The number of phenolic OH excluding ortho intramolecular Hbond substituents is 1. The van der Waals surface area contributed by atoms with Crippen LogP contribution in [0.1, 0.15) is 62.6 Å². The first-order valence-corrected chi connectivity index (χ1v) is 10.9. The molecule has 4 nitrogen and oxygen atoms in total. The van der Waals surface area contributed by atoms with Crippen LogP contribution >= 0.6 is 0 Å². The summed E-state index contributed by atoms with van der Waals surface area (Å²) in [4.78, 5) is 0. The molecule has 0 bridgehead atoms. The lowest BCUT2D eigenvalue weighted by Crippen LogP contribution is -2.12. The van der Waals surface area contributed by atoms with Crippen molar-refractivity contribution in [3.05, 3.63) is 65.4 Å². The molecule has 0 aliphatic heterocycles. The average Bonchev–Trinajstić information content (AvgIpc) is 3.08. The Morgan fingerprint density at radius 1 is 0.933 bits per heavy atom. The van der Waals surface area contributed by atoms with E-state index >= 15 is 0 Å². The normalized spacial score (nSPS) is 11.9. The summed E-state index contributed by atoms with van der Waals surface area (Å²) >= 11 is 0. The molecule has 0 aliphatic carbocycles. The number of aromatic nitrogens is 1. The highest BCUT2D eigenvalue weighted by Crippen LogP contribution is 2.31. The molecule has 1 heterocycles. The van der Waals surface area contributed by atoms with Crippen molar-refractivity contribution in [1.29, 1.82) is 0 Å². The standard InChI is InChI=1S/C26H33NO3/c1-4-6-17-29-26(30-18-7-5-2)23-13-10-12-21-19-22(27(3)25(21)23)16-15-20-11-8-9-14-24(20)28/h8-16,19,26,28H,4-7,17-18H2,1-3H3/b16-15+. The lowest BCUT2D eigenvalue weighted by atomic mass is 10.1. The molecule has 0 radical (unpaired) electrons. The summed E-state index contributed by atoms with van der Waals surface area (Å²) in [5.41, 5.74) is 4.03. The maximum Gasteiger partial charge on any atom is 0.185 e. The minimum atomic E-state index is -0.365. The highest BCUT2D eigenvalue weighted by atomic mass is 16.7. The fourth-order valence-electron chi connectivity index (χ4n) is 3.52. The molecule has 4 heteroatoms. The largest absolute Gasteiger partial charge is 0.507 e. The first kappa shape index (κ1) is 22.1. The molecule has 0 saturated carbocycles. The molecule has 0 amide bonds. The van der Waals surface area contributed by atoms with Gasteiger partial charge in [-0.25, -0.2) is 0 Å². The molecule has 0 saturated heterocycles. The monoisotopic (exact) mass is 407 g/mol. The van der Waals surface area contributed by atoms with Gasteiger partial charge in [-0.15, -0.1) is 0 Å². The fourth-order valence-corrected chi connectivity index (χ4v) is 3.52. The lowest BCUT2D eigenvalue weighted by molar-refractivity contribution is -0.147. The van der Waals surface area contributed by atoms with E-state index in [9.17, 15) is 5.11 Å². The number of para-hydroxylation sites is 2. The van der Waals surface area contributed by atoms with Crippen LogP contribution in [0.25, 0.3) is 23.1 Å². The Bertz CT molecular complexity index is 964. The van der Waals surface area contributed by atoms with Gasteiger partial charge in [0.1, 0.15) is 5.75 Å². The summed E-state index contributed by atoms with van der Waals surface area (Å²) < 4.78 is 14.5. The average molecular weight is 408 g/mol. The Hall–Kier alpha value is -2.56. The minimum absolute atomic E-state index is 0.280. The molecule has 0 aliphatic rings. The molecular weight excluding hydrogens is 374 g/mol. The second-order valence-corrected chi connectivity index (χ2v) is 7.59. The Kier molecular flexibility index (Phi) is 8.12. The number of nitrogens with zero attached hydrogens (tertiary/aromatic N) is 1. The summed E-state index contributed by atoms with van der Waals surface area (Å²) in [6.07, 6.45) is 7.83. The van der Waals surface area contributed by atoms with Gasteiger partial charge in [-0.05, 0) is 37.1 Å². The van der Waals surface area contributed by atoms with Gasteiger partial charge in [0, 0.05) is 29.3 Å². The smallest absolute Gasteiger partial charge is 0.185 e. The highest BCUT2D eigenvalue weighted by molar-refractivity contribution is 5.88. The summed E-state index contributed by atoms with van der Waals surface area (Å²) in [6, 6.07) is 15.8. The zero-order valence-corrected chi connectivity index (χ0v) is 18.3. The maximum absolute atomic E-state index is 10.0. The van der Waals surface area contributed by atoms with Crippen molar-refractivity contribution in [2.75, 3.05) is 13.2 Å². The van der Waals surface area contributed by atoms with Crippen LogP contribution in [0.5, 0.6) is 5.75 Å². The van der Waals surface area contributed by atoms with Crippen molar-refractivity contribution < 1.29 is 14.6 Å². The number of fused-ring (bicyclic) bond motifs is 1. The summed E-state index contributed by atoms with van der Waals surface area (Å²) in [7, 11) is 2.06. The van der Waals surface area contributed by atoms with Crippen LogP contribution in [-0.4, -0.2) is 22.9 Å². The number of hydrogen-bond acceptors (Lipinski definition) is 3. The van der Waals surface area contributed by atoms with Gasteiger partial charge < -0.3 is 19.1 Å². The number of phenols is 1. The van der Waals surface area contributed by atoms with E-state index in [1.165, 1.54) is 0 Å². The van der Waals surface area contributed by atoms with Crippen LogP contribution in [0.2, 0.25) is 0 Å². The van der Waals surface area contributed by atoms with Gasteiger partial charge in [0.05, 0.1) is 18.7 Å². The number of rotatable bonds is 11. The maximum atomic E-state index is 10.0. The van der Waals surface area contributed by atoms with E-state index in [-0.39, 0.29) is 12.0 Å². The summed E-state index contributed by atoms with van der Waals surface area (Å²) in [6.45, 7) is 5.71. The molecule has 0 unspecified atom stereocenters. The number of aromatic hydroxyl groups is 1. The predicted molar refractivity (Wildman–Crippen MR) is 124 cm³/mol. The molecule has 1 N–H and O–H groups in total. The third kappa shape index (κ3) is 5.32. The Morgan fingerprint density at radius 2 is 1.63 bits per heavy atom. The Morgan fingerprint density at radius 3 is 2.30 bits per heavy atom.